The second kappa shape index (κ2) is 8.15. The van der Waals surface area contributed by atoms with E-state index >= 15 is 0 Å². The van der Waals surface area contributed by atoms with E-state index in [1.54, 1.807) is 6.92 Å². The molecule has 0 saturated heterocycles. The highest BCUT2D eigenvalue weighted by Gasteiger charge is 2.43. The minimum atomic E-state index is -3.26. The van der Waals surface area contributed by atoms with Crippen LogP contribution in [0.25, 0.3) is 0 Å². The van der Waals surface area contributed by atoms with E-state index in [1.807, 2.05) is 30.3 Å². The van der Waals surface area contributed by atoms with Gasteiger partial charge in [-0.05, 0) is 30.1 Å². The van der Waals surface area contributed by atoms with Gasteiger partial charge in [0.1, 0.15) is 5.25 Å². The summed E-state index contributed by atoms with van der Waals surface area (Å²) in [5.74, 6) is 0.133. The van der Waals surface area contributed by atoms with E-state index in [2.05, 4.69) is 40.8 Å². The highest BCUT2D eigenvalue weighted by molar-refractivity contribution is 7.91. The highest BCUT2D eigenvalue weighted by Crippen LogP contribution is 2.41. The highest BCUT2D eigenvalue weighted by atomic mass is 32.2. The van der Waals surface area contributed by atoms with Crippen LogP contribution in [-0.2, 0) is 14.3 Å². The first-order chi connectivity index (χ1) is 11.0. The molecule has 0 aromatic heterocycles. The summed E-state index contributed by atoms with van der Waals surface area (Å²) in [6.07, 6.45) is 1.37. The van der Waals surface area contributed by atoms with Gasteiger partial charge in [-0.25, -0.2) is 8.42 Å². The molecule has 0 fully saturated rings. The third-order valence-corrected chi connectivity index (χ3v) is 11.7. The SMILES string of the molecule is CCC[C@H](O[Si](C)(C)C(C)(C)C)[C@H](c1ccccc1)S(=O)(=O)CC. The van der Waals surface area contributed by atoms with Gasteiger partial charge in [-0.3, -0.25) is 0 Å². The fourth-order valence-corrected chi connectivity index (χ4v) is 5.64. The van der Waals surface area contributed by atoms with Crippen molar-refractivity contribution >= 4 is 18.2 Å². The molecule has 1 aromatic rings. The van der Waals surface area contributed by atoms with Crippen molar-refractivity contribution in [1.82, 2.24) is 0 Å². The van der Waals surface area contributed by atoms with Crippen LogP contribution in [0.5, 0.6) is 0 Å². The topological polar surface area (TPSA) is 43.4 Å². The molecule has 0 radical (unpaired) electrons. The smallest absolute Gasteiger partial charge is 0.192 e. The fraction of sp³-hybridized carbons (Fsp3) is 0.684. The lowest BCUT2D eigenvalue weighted by Crippen LogP contribution is -2.46. The first-order valence-electron chi connectivity index (χ1n) is 8.90. The van der Waals surface area contributed by atoms with E-state index in [4.69, 9.17) is 4.43 Å². The van der Waals surface area contributed by atoms with Gasteiger partial charge in [0.15, 0.2) is 18.2 Å². The summed E-state index contributed by atoms with van der Waals surface area (Å²) in [5.41, 5.74) is 0.844. The Balaban J connectivity index is 3.34. The van der Waals surface area contributed by atoms with Crippen LogP contribution < -0.4 is 0 Å². The molecule has 5 heteroatoms. The van der Waals surface area contributed by atoms with Crippen molar-refractivity contribution < 1.29 is 12.8 Å². The molecule has 0 aliphatic rings. The van der Waals surface area contributed by atoms with E-state index in [9.17, 15) is 8.42 Å². The minimum absolute atomic E-state index is 0.0518. The van der Waals surface area contributed by atoms with Crippen LogP contribution in [0.15, 0.2) is 30.3 Å². The lowest BCUT2D eigenvalue weighted by molar-refractivity contribution is 0.163. The molecule has 3 nitrogen and oxygen atoms in total. The summed E-state index contributed by atoms with van der Waals surface area (Å²) in [4.78, 5) is 0. The van der Waals surface area contributed by atoms with Gasteiger partial charge in [-0.1, -0.05) is 71.4 Å². The van der Waals surface area contributed by atoms with Crippen LogP contribution in [0.4, 0.5) is 0 Å². The standard InChI is InChI=1S/C19H34O3SSi/c1-8-13-17(22-24(6,7)19(3,4)5)18(23(20,21)9-2)16-14-11-10-12-15-16/h10-12,14-15,17-18H,8-9,13H2,1-7H3/t17-,18-/m0/s1. The molecule has 0 unspecified atom stereocenters. The number of benzene rings is 1. The average Bonchev–Trinajstić information content (AvgIpc) is 2.47. The summed E-state index contributed by atoms with van der Waals surface area (Å²) < 4.78 is 32.4. The normalized spacial score (nSPS) is 16.0. The van der Waals surface area contributed by atoms with Crippen LogP contribution in [0.3, 0.4) is 0 Å². The molecule has 0 bridgehead atoms. The molecule has 24 heavy (non-hydrogen) atoms. The number of hydrogen-bond acceptors (Lipinski definition) is 3. The predicted octanol–water partition coefficient (Wildman–Crippen LogP) is 5.35. The van der Waals surface area contributed by atoms with E-state index in [0.29, 0.717) is 0 Å². The summed E-state index contributed by atoms with van der Waals surface area (Å²) in [6, 6.07) is 9.55. The van der Waals surface area contributed by atoms with Gasteiger partial charge in [-0.2, -0.15) is 0 Å². The van der Waals surface area contributed by atoms with Crippen molar-refractivity contribution in [3.63, 3.8) is 0 Å². The van der Waals surface area contributed by atoms with Gasteiger partial charge in [-0.15, -0.1) is 0 Å². The first-order valence-corrected chi connectivity index (χ1v) is 13.5. The second-order valence-corrected chi connectivity index (χ2v) is 15.2. The molecule has 1 aromatic carbocycles. The number of rotatable bonds is 8. The van der Waals surface area contributed by atoms with Crippen molar-refractivity contribution in [2.45, 2.75) is 76.9 Å². The molecule has 0 spiro atoms. The van der Waals surface area contributed by atoms with Crippen LogP contribution in [0.2, 0.25) is 18.1 Å². The Morgan fingerprint density at radius 1 is 1.08 bits per heavy atom. The zero-order valence-corrected chi connectivity index (χ0v) is 18.1. The Labute approximate surface area is 149 Å². The largest absolute Gasteiger partial charge is 0.412 e. The zero-order valence-electron chi connectivity index (χ0n) is 16.3. The van der Waals surface area contributed by atoms with Crippen molar-refractivity contribution in [3.05, 3.63) is 35.9 Å². The molecule has 2 atom stereocenters. The molecule has 0 N–H and O–H groups in total. The van der Waals surface area contributed by atoms with Gasteiger partial charge in [0.25, 0.3) is 0 Å². The van der Waals surface area contributed by atoms with Gasteiger partial charge in [0, 0.05) is 5.75 Å². The Morgan fingerprint density at radius 3 is 2.04 bits per heavy atom. The maximum absolute atomic E-state index is 12.9. The van der Waals surface area contributed by atoms with Crippen molar-refractivity contribution in [3.8, 4) is 0 Å². The van der Waals surface area contributed by atoms with Gasteiger partial charge < -0.3 is 4.43 Å². The van der Waals surface area contributed by atoms with Crippen molar-refractivity contribution in [2.24, 2.45) is 0 Å². The van der Waals surface area contributed by atoms with Crippen LogP contribution in [-0.4, -0.2) is 28.6 Å². The van der Waals surface area contributed by atoms with E-state index < -0.39 is 23.4 Å². The summed E-state index contributed by atoms with van der Waals surface area (Å²) >= 11 is 0. The summed E-state index contributed by atoms with van der Waals surface area (Å²) in [7, 11) is -5.31. The van der Waals surface area contributed by atoms with Gasteiger partial charge in [0.05, 0.1) is 6.10 Å². The van der Waals surface area contributed by atoms with E-state index in [-0.39, 0.29) is 16.9 Å². The van der Waals surface area contributed by atoms with Crippen molar-refractivity contribution in [2.75, 3.05) is 5.75 Å². The number of hydrogen-bond donors (Lipinski definition) is 0. The minimum Gasteiger partial charge on any atom is -0.412 e. The molecule has 0 amide bonds. The van der Waals surface area contributed by atoms with Crippen LogP contribution in [0.1, 0.15) is 58.3 Å². The molecular weight excluding hydrogens is 336 g/mol. The van der Waals surface area contributed by atoms with Gasteiger partial charge in [0.2, 0.25) is 0 Å². The summed E-state index contributed by atoms with van der Waals surface area (Å²) in [6.45, 7) is 14.8. The van der Waals surface area contributed by atoms with E-state index in [1.165, 1.54) is 0 Å². The average molecular weight is 371 g/mol. The summed E-state index contributed by atoms with van der Waals surface area (Å²) in [5, 5.41) is -0.534. The van der Waals surface area contributed by atoms with Crippen molar-refractivity contribution in [1.29, 1.82) is 0 Å². The third kappa shape index (κ3) is 5.17. The quantitative estimate of drug-likeness (QED) is 0.579. The maximum atomic E-state index is 12.9. The molecule has 138 valence electrons. The van der Waals surface area contributed by atoms with Crippen LogP contribution >= 0.6 is 0 Å². The molecule has 0 heterocycles. The number of sulfone groups is 1. The second-order valence-electron chi connectivity index (χ2n) is 7.99. The fourth-order valence-electron chi connectivity index (χ4n) is 2.59. The molecular formula is C19H34O3SSi. The Kier molecular flexibility index (Phi) is 7.26. The Bertz CT molecular complexity index is 603. The lowest BCUT2D eigenvalue weighted by Gasteiger charge is -2.41. The van der Waals surface area contributed by atoms with Crippen LogP contribution in [0, 0.1) is 0 Å². The molecule has 1 rings (SSSR count). The monoisotopic (exact) mass is 370 g/mol. The molecule has 0 aliphatic heterocycles. The Hall–Kier alpha value is -0.653. The molecule has 0 saturated carbocycles. The first kappa shape index (κ1) is 21.4. The Morgan fingerprint density at radius 2 is 1.62 bits per heavy atom. The van der Waals surface area contributed by atoms with E-state index in [0.717, 1.165) is 18.4 Å². The lowest BCUT2D eigenvalue weighted by atomic mass is 10.0. The third-order valence-electron chi connectivity index (χ3n) is 5.08. The molecule has 0 aliphatic carbocycles. The zero-order chi connectivity index (χ0) is 18.6. The van der Waals surface area contributed by atoms with Gasteiger partial charge >= 0.3 is 0 Å². The maximum Gasteiger partial charge on any atom is 0.192 e. The predicted molar refractivity (Wildman–Crippen MR) is 106 cm³/mol.